The molecule has 22 heavy (non-hydrogen) atoms. The minimum atomic E-state index is -0.280. The summed E-state index contributed by atoms with van der Waals surface area (Å²) < 4.78 is 0. The molecule has 1 aromatic heterocycles. The number of benzene rings is 1. The Morgan fingerprint density at radius 1 is 1.18 bits per heavy atom. The summed E-state index contributed by atoms with van der Waals surface area (Å²) in [6, 6.07) is 10.7. The van der Waals surface area contributed by atoms with Gasteiger partial charge in [0.05, 0.1) is 11.3 Å². The fraction of sp³-hybridized carbons (Fsp3) is 0.0588. The normalized spacial score (nSPS) is 10.4. The van der Waals surface area contributed by atoms with Gasteiger partial charge in [-0.3, -0.25) is 9.59 Å². The van der Waals surface area contributed by atoms with Gasteiger partial charge in [-0.2, -0.15) is 0 Å². The molecular weight excluding hydrogens is 296 g/mol. The van der Waals surface area contributed by atoms with E-state index in [1.165, 1.54) is 6.08 Å². The Hall–Kier alpha value is -2.66. The molecule has 1 aromatic carbocycles. The zero-order valence-electron chi connectivity index (χ0n) is 11.9. The summed E-state index contributed by atoms with van der Waals surface area (Å²) in [5, 5.41) is 7.36. The van der Waals surface area contributed by atoms with E-state index in [0.29, 0.717) is 17.8 Å². The number of anilines is 1. The highest BCUT2D eigenvalue weighted by atomic mass is 32.1. The van der Waals surface area contributed by atoms with E-state index in [2.05, 4.69) is 17.2 Å². The van der Waals surface area contributed by atoms with Gasteiger partial charge in [-0.05, 0) is 29.7 Å². The van der Waals surface area contributed by atoms with Gasteiger partial charge in [-0.1, -0.05) is 24.3 Å². The standard InChI is InChI=1S/C17H16N2O2S/c1-2-11-18-17(21)14-7-3-4-8-15(14)19-16(20)10-9-13-6-5-12-22-13/h2-10,12H,1,11H2,(H,18,21)(H,19,20)/b10-9+. The van der Waals surface area contributed by atoms with Crippen molar-refractivity contribution in [3.05, 3.63) is 70.9 Å². The van der Waals surface area contributed by atoms with Gasteiger partial charge in [0.1, 0.15) is 0 Å². The molecule has 2 N–H and O–H groups in total. The van der Waals surface area contributed by atoms with Crippen LogP contribution in [0.1, 0.15) is 15.2 Å². The molecule has 0 spiro atoms. The number of para-hydroxylation sites is 1. The number of amides is 2. The van der Waals surface area contributed by atoms with Crippen LogP contribution in [0.25, 0.3) is 6.08 Å². The third-order valence-corrected chi connectivity index (χ3v) is 3.62. The number of hydrogen-bond donors (Lipinski definition) is 2. The zero-order chi connectivity index (χ0) is 15.8. The maximum atomic E-state index is 12.0. The summed E-state index contributed by atoms with van der Waals surface area (Å²) >= 11 is 1.55. The van der Waals surface area contributed by atoms with Crippen LogP contribution in [0.5, 0.6) is 0 Å². The number of hydrogen-bond acceptors (Lipinski definition) is 3. The Bertz CT molecular complexity index is 690. The van der Waals surface area contributed by atoms with E-state index in [-0.39, 0.29) is 11.8 Å². The van der Waals surface area contributed by atoms with Crippen molar-refractivity contribution in [1.29, 1.82) is 0 Å². The van der Waals surface area contributed by atoms with Crippen LogP contribution in [0.15, 0.2) is 60.5 Å². The predicted molar refractivity (Wildman–Crippen MR) is 91.0 cm³/mol. The number of carbonyl (C=O) groups excluding carboxylic acids is 2. The molecule has 0 radical (unpaired) electrons. The summed E-state index contributed by atoms with van der Waals surface area (Å²) in [6.45, 7) is 3.93. The van der Waals surface area contributed by atoms with Gasteiger partial charge in [0.2, 0.25) is 5.91 Å². The van der Waals surface area contributed by atoms with E-state index in [0.717, 1.165) is 4.88 Å². The van der Waals surface area contributed by atoms with Crippen LogP contribution in [-0.4, -0.2) is 18.4 Å². The zero-order valence-corrected chi connectivity index (χ0v) is 12.7. The lowest BCUT2D eigenvalue weighted by Gasteiger charge is -2.09. The van der Waals surface area contributed by atoms with Gasteiger partial charge >= 0.3 is 0 Å². The maximum Gasteiger partial charge on any atom is 0.253 e. The van der Waals surface area contributed by atoms with Gasteiger partial charge in [0.25, 0.3) is 5.91 Å². The molecule has 112 valence electrons. The number of carbonyl (C=O) groups is 2. The minimum Gasteiger partial charge on any atom is -0.349 e. The van der Waals surface area contributed by atoms with Gasteiger partial charge in [0.15, 0.2) is 0 Å². The van der Waals surface area contributed by atoms with E-state index in [9.17, 15) is 9.59 Å². The summed E-state index contributed by atoms with van der Waals surface area (Å²) in [7, 11) is 0. The number of thiophene rings is 1. The topological polar surface area (TPSA) is 58.2 Å². The van der Waals surface area contributed by atoms with E-state index in [4.69, 9.17) is 0 Å². The molecule has 2 amide bonds. The minimum absolute atomic E-state index is 0.252. The third kappa shape index (κ3) is 4.43. The lowest BCUT2D eigenvalue weighted by atomic mass is 10.1. The van der Waals surface area contributed by atoms with Crippen molar-refractivity contribution in [3.8, 4) is 0 Å². The summed E-state index contributed by atoms with van der Waals surface area (Å²) in [5.74, 6) is -0.532. The van der Waals surface area contributed by atoms with E-state index >= 15 is 0 Å². The third-order valence-electron chi connectivity index (χ3n) is 2.78. The van der Waals surface area contributed by atoms with Crippen LogP contribution in [0.3, 0.4) is 0 Å². The SMILES string of the molecule is C=CCNC(=O)c1ccccc1NC(=O)/C=C/c1cccs1. The largest absolute Gasteiger partial charge is 0.349 e. The Labute approximate surface area is 133 Å². The molecule has 1 heterocycles. The fourth-order valence-corrected chi connectivity index (χ4v) is 2.39. The lowest BCUT2D eigenvalue weighted by Crippen LogP contribution is -2.24. The molecule has 2 rings (SSSR count). The monoisotopic (exact) mass is 312 g/mol. The molecule has 0 atom stereocenters. The second-order valence-electron chi connectivity index (χ2n) is 4.38. The first kappa shape index (κ1) is 15.7. The first-order chi connectivity index (χ1) is 10.7. The Morgan fingerprint density at radius 3 is 2.73 bits per heavy atom. The molecule has 0 unspecified atom stereocenters. The van der Waals surface area contributed by atoms with Crippen LogP contribution in [0.2, 0.25) is 0 Å². The second kappa shape index (κ2) is 7.95. The predicted octanol–water partition coefficient (Wildman–Crippen LogP) is 3.32. The molecule has 0 aliphatic rings. The van der Waals surface area contributed by atoms with Crippen LogP contribution in [0.4, 0.5) is 5.69 Å². The smallest absolute Gasteiger partial charge is 0.253 e. The molecule has 0 saturated carbocycles. The average Bonchev–Trinajstić information content (AvgIpc) is 3.04. The van der Waals surface area contributed by atoms with E-state index in [1.54, 1.807) is 47.8 Å². The van der Waals surface area contributed by atoms with Crippen LogP contribution in [-0.2, 0) is 4.79 Å². The van der Waals surface area contributed by atoms with Gasteiger partial charge in [-0.25, -0.2) is 0 Å². The summed E-state index contributed by atoms with van der Waals surface area (Å²) in [5.41, 5.74) is 0.895. The average molecular weight is 312 g/mol. The Balaban J connectivity index is 2.07. The van der Waals surface area contributed by atoms with Crippen LogP contribution < -0.4 is 10.6 Å². The van der Waals surface area contributed by atoms with Crippen LogP contribution in [0, 0.1) is 0 Å². The van der Waals surface area contributed by atoms with Gasteiger partial charge in [-0.15, -0.1) is 17.9 Å². The van der Waals surface area contributed by atoms with Crippen LogP contribution >= 0.6 is 11.3 Å². The number of rotatable bonds is 6. The lowest BCUT2D eigenvalue weighted by molar-refractivity contribution is -0.111. The molecule has 2 aromatic rings. The first-order valence-corrected chi connectivity index (χ1v) is 7.59. The van der Waals surface area contributed by atoms with Gasteiger partial charge < -0.3 is 10.6 Å². The molecule has 0 aliphatic heterocycles. The van der Waals surface area contributed by atoms with E-state index in [1.807, 2.05) is 17.5 Å². The van der Waals surface area contributed by atoms with Gasteiger partial charge in [0, 0.05) is 17.5 Å². The van der Waals surface area contributed by atoms with Crippen molar-refractivity contribution in [2.75, 3.05) is 11.9 Å². The van der Waals surface area contributed by atoms with Crippen molar-refractivity contribution in [1.82, 2.24) is 5.32 Å². The van der Waals surface area contributed by atoms with Crippen molar-refractivity contribution in [3.63, 3.8) is 0 Å². The maximum absolute atomic E-state index is 12.0. The van der Waals surface area contributed by atoms with Crippen molar-refractivity contribution in [2.45, 2.75) is 0 Å². The van der Waals surface area contributed by atoms with Crippen molar-refractivity contribution in [2.24, 2.45) is 0 Å². The summed E-state index contributed by atoms with van der Waals surface area (Å²) in [4.78, 5) is 25.0. The fourth-order valence-electron chi connectivity index (χ4n) is 1.77. The van der Waals surface area contributed by atoms with E-state index < -0.39 is 0 Å². The Kier molecular flexibility index (Phi) is 5.68. The highest BCUT2D eigenvalue weighted by Gasteiger charge is 2.11. The highest BCUT2D eigenvalue weighted by molar-refractivity contribution is 7.10. The second-order valence-corrected chi connectivity index (χ2v) is 5.36. The molecule has 5 heteroatoms. The highest BCUT2D eigenvalue weighted by Crippen LogP contribution is 2.15. The molecule has 0 aliphatic carbocycles. The molecule has 4 nitrogen and oxygen atoms in total. The molecule has 0 saturated heterocycles. The summed E-state index contributed by atoms with van der Waals surface area (Å²) in [6.07, 6.45) is 4.79. The van der Waals surface area contributed by atoms with Crippen molar-refractivity contribution >= 4 is 34.9 Å². The molecule has 0 bridgehead atoms. The number of nitrogens with one attached hydrogen (secondary N) is 2. The first-order valence-electron chi connectivity index (χ1n) is 6.71. The Morgan fingerprint density at radius 2 is 2.00 bits per heavy atom. The quantitative estimate of drug-likeness (QED) is 0.635. The van der Waals surface area contributed by atoms with Crippen molar-refractivity contribution < 1.29 is 9.59 Å². The molecule has 0 fully saturated rings. The molecular formula is C17H16N2O2S.